The Kier molecular flexibility index (Phi) is 4.33. The largest absolute Gasteiger partial charge is 0.497 e. The van der Waals surface area contributed by atoms with Gasteiger partial charge in [-0.1, -0.05) is 12.1 Å². The molecule has 2 rings (SSSR count). The molecule has 6 heteroatoms. The first kappa shape index (κ1) is 13.0. The van der Waals surface area contributed by atoms with Crippen LogP contribution in [0.3, 0.4) is 0 Å². The lowest BCUT2D eigenvalue weighted by atomic mass is 10.3. The lowest BCUT2D eigenvalue weighted by Crippen LogP contribution is -2.15. The number of methoxy groups -OCH3 is 1. The molecule has 1 aromatic carbocycles. The summed E-state index contributed by atoms with van der Waals surface area (Å²) in [6.07, 6.45) is 1.76. The normalized spacial score (nSPS) is 10.6. The molecule has 1 heterocycles. The number of halogens is 1. The van der Waals surface area contributed by atoms with Crippen molar-refractivity contribution in [3.63, 3.8) is 0 Å². The van der Waals surface area contributed by atoms with Crippen molar-refractivity contribution < 1.29 is 4.74 Å². The Morgan fingerprint density at radius 2 is 2.28 bits per heavy atom. The Morgan fingerprint density at radius 1 is 1.44 bits per heavy atom. The van der Waals surface area contributed by atoms with Crippen LogP contribution in [0.2, 0.25) is 0 Å². The van der Waals surface area contributed by atoms with E-state index < -0.39 is 0 Å². The van der Waals surface area contributed by atoms with Crippen molar-refractivity contribution in [1.29, 1.82) is 0 Å². The lowest BCUT2D eigenvalue weighted by Gasteiger charge is -2.10. The first-order chi connectivity index (χ1) is 8.76. The number of nitrogens with one attached hydrogen (secondary N) is 1. The fourth-order valence-electron chi connectivity index (χ4n) is 1.61. The molecule has 0 atom stereocenters. The van der Waals surface area contributed by atoms with Gasteiger partial charge in [-0.25, -0.2) is 4.68 Å². The van der Waals surface area contributed by atoms with Gasteiger partial charge in [-0.2, -0.15) is 0 Å². The average Bonchev–Trinajstić information content (AvgIpc) is 2.85. The molecule has 0 aliphatic heterocycles. The number of hydrogen-bond acceptors (Lipinski definition) is 4. The second kappa shape index (κ2) is 5.97. The number of aromatic nitrogens is 3. The molecule has 0 unspecified atom stereocenters. The van der Waals surface area contributed by atoms with Crippen molar-refractivity contribution in [2.75, 3.05) is 13.7 Å². The number of nitrogens with zero attached hydrogens (tertiary/aromatic N) is 3. The second-order valence-electron chi connectivity index (χ2n) is 3.73. The van der Waals surface area contributed by atoms with E-state index in [4.69, 9.17) is 4.74 Å². The number of benzene rings is 1. The van der Waals surface area contributed by atoms with Gasteiger partial charge in [0.1, 0.15) is 5.75 Å². The molecule has 0 aliphatic rings. The maximum atomic E-state index is 5.23. The third kappa shape index (κ3) is 2.70. The van der Waals surface area contributed by atoms with Gasteiger partial charge in [-0.15, -0.1) is 5.10 Å². The van der Waals surface area contributed by atoms with Crippen LogP contribution in [-0.2, 0) is 6.54 Å². The van der Waals surface area contributed by atoms with E-state index in [1.807, 2.05) is 18.2 Å². The van der Waals surface area contributed by atoms with Gasteiger partial charge < -0.3 is 10.1 Å². The quantitative estimate of drug-likeness (QED) is 0.919. The van der Waals surface area contributed by atoms with Crippen molar-refractivity contribution in [3.05, 3.63) is 34.6 Å². The summed E-state index contributed by atoms with van der Waals surface area (Å²) in [5.74, 6) is 0.790. The minimum Gasteiger partial charge on any atom is -0.497 e. The van der Waals surface area contributed by atoms with Crippen molar-refractivity contribution in [2.24, 2.45) is 0 Å². The predicted octanol–water partition coefficient (Wildman–Crippen LogP) is 2.15. The Labute approximate surface area is 114 Å². The van der Waals surface area contributed by atoms with Crippen molar-refractivity contribution >= 4 is 15.9 Å². The third-order valence-corrected chi connectivity index (χ3v) is 3.23. The maximum Gasteiger partial charge on any atom is 0.121 e. The summed E-state index contributed by atoms with van der Waals surface area (Å²) in [5.41, 5.74) is 1.92. The molecule has 1 aromatic heterocycles. The van der Waals surface area contributed by atoms with Crippen LogP contribution in [0.1, 0.15) is 12.6 Å². The van der Waals surface area contributed by atoms with Crippen LogP contribution in [0.25, 0.3) is 5.69 Å². The molecule has 0 radical (unpaired) electrons. The minimum atomic E-state index is 0.729. The lowest BCUT2D eigenvalue weighted by molar-refractivity contribution is 0.414. The molecule has 0 fully saturated rings. The summed E-state index contributed by atoms with van der Waals surface area (Å²) in [5, 5.41) is 11.3. The molecular formula is C12H15BrN4O. The van der Waals surface area contributed by atoms with E-state index in [9.17, 15) is 0 Å². The highest BCUT2D eigenvalue weighted by atomic mass is 79.9. The van der Waals surface area contributed by atoms with Gasteiger partial charge in [0, 0.05) is 17.1 Å². The Hall–Kier alpha value is -1.40. The van der Waals surface area contributed by atoms with E-state index in [1.165, 1.54) is 0 Å². The molecule has 0 spiro atoms. The molecule has 0 saturated carbocycles. The Morgan fingerprint density at radius 3 is 3.00 bits per heavy atom. The summed E-state index contributed by atoms with van der Waals surface area (Å²) >= 11 is 3.52. The van der Waals surface area contributed by atoms with Gasteiger partial charge >= 0.3 is 0 Å². The summed E-state index contributed by atoms with van der Waals surface area (Å²) in [4.78, 5) is 0. The zero-order valence-corrected chi connectivity index (χ0v) is 11.9. The maximum absolute atomic E-state index is 5.23. The molecular weight excluding hydrogens is 296 g/mol. The molecule has 5 nitrogen and oxygen atoms in total. The second-order valence-corrected chi connectivity index (χ2v) is 4.59. The molecule has 96 valence electrons. The van der Waals surface area contributed by atoms with Crippen LogP contribution in [0.4, 0.5) is 0 Å². The predicted molar refractivity (Wildman–Crippen MR) is 73.0 cm³/mol. The Bertz CT molecular complexity index is 527. The van der Waals surface area contributed by atoms with E-state index in [-0.39, 0.29) is 0 Å². The molecule has 18 heavy (non-hydrogen) atoms. The van der Waals surface area contributed by atoms with Gasteiger partial charge in [0.2, 0.25) is 0 Å². The van der Waals surface area contributed by atoms with E-state index in [0.29, 0.717) is 0 Å². The smallest absolute Gasteiger partial charge is 0.121 e. The summed E-state index contributed by atoms with van der Waals surface area (Å²) in [6, 6.07) is 5.76. The van der Waals surface area contributed by atoms with E-state index >= 15 is 0 Å². The molecule has 0 amide bonds. The summed E-state index contributed by atoms with van der Waals surface area (Å²) in [6.45, 7) is 3.70. The summed E-state index contributed by atoms with van der Waals surface area (Å²) in [7, 11) is 1.65. The van der Waals surface area contributed by atoms with Crippen LogP contribution in [0, 0.1) is 0 Å². The SMILES string of the molecule is CCNCc1cnnn1-c1cc(OC)ccc1Br. The Balaban J connectivity index is 2.38. The van der Waals surface area contributed by atoms with E-state index in [0.717, 1.165) is 34.7 Å². The monoisotopic (exact) mass is 310 g/mol. The van der Waals surface area contributed by atoms with Gasteiger partial charge in [0.15, 0.2) is 0 Å². The first-order valence-corrected chi connectivity index (χ1v) is 6.49. The van der Waals surface area contributed by atoms with Gasteiger partial charge in [0.05, 0.1) is 24.7 Å². The fraction of sp³-hybridized carbons (Fsp3) is 0.333. The fourth-order valence-corrected chi connectivity index (χ4v) is 2.03. The zero-order valence-electron chi connectivity index (χ0n) is 10.4. The molecule has 0 aliphatic carbocycles. The van der Waals surface area contributed by atoms with Crippen molar-refractivity contribution in [3.8, 4) is 11.4 Å². The van der Waals surface area contributed by atoms with Gasteiger partial charge in [-0.3, -0.25) is 0 Å². The van der Waals surface area contributed by atoms with Crippen LogP contribution in [0.5, 0.6) is 5.75 Å². The topological polar surface area (TPSA) is 52.0 Å². The highest BCUT2D eigenvalue weighted by Gasteiger charge is 2.10. The first-order valence-electron chi connectivity index (χ1n) is 5.70. The van der Waals surface area contributed by atoms with Gasteiger partial charge in [0.25, 0.3) is 0 Å². The minimum absolute atomic E-state index is 0.729. The number of rotatable bonds is 5. The number of hydrogen-bond donors (Lipinski definition) is 1. The van der Waals surface area contributed by atoms with Crippen LogP contribution >= 0.6 is 15.9 Å². The standard InChI is InChI=1S/C12H15BrN4O/c1-3-14-7-9-8-15-16-17(9)12-6-10(18-2)4-5-11(12)13/h4-6,8,14H,3,7H2,1-2H3. The molecule has 1 N–H and O–H groups in total. The highest BCUT2D eigenvalue weighted by molar-refractivity contribution is 9.10. The van der Waals surface area contributed by atoms with Crippen LogP contribution < -0.4 is 10.1 Å². The number of ether oxygens (including phenoxy) is 1. The zero-order chi connectivity index (χ0) is 13.0. The summed E-state index contributed by atoms with van der Waals surface area (Å²) < 4.78 is 7.98. The average molecular weight is 311 g/mol. The highest BCUT2D eigenvalue weighted by Crippen LogP contribution is 2.26. The van der Waals surface area contributed by atoms with Crippen molar-refractivity contribution in [2.45, 2.75) is 13.5 Å². The molecule has 0 bridgehead atoms. The third-order valence-electron chi connectivity index (χ3n) is 2.56. The van der Waals surface area contributed by atoms with E-state index in [2.05, 4.69) is 38.5 Å². The van der Waals surface area contributed by atoms with Crippen LogP contribution in [-0.4, -0.2) is 28.6 Å². The molecule has 2 aromatic rings. The van der Waals surface area contributed by atoms with Crippen molar-refractivity contribution in [1.82, 2.24) is 20.3 Å². The van der Waals surface area contributed by atoms with E-state index in [1.54, 1.807) is 18.0 Å². The van der Waals surface area contributed by atoms with Gasteiger partial charge in [-0.05, 0) is 34.6 Å². The van der Waals surface area contributed by atoms with Crippen LogP contribution in [0.15, 0.2) is 28.9 Å². The molecule has 0 saturated heterocycles.